The Bertz CT molecular complexity index is 349. The number of aromatic nitrogens is 1. The van der Waals surface area contributed by atoms with Crippen molar-refractivity contribution in [3.63, 3.8) is 0 Å². The second-order valence-electron chi connectivity index (χ2n) is 4.13. The van der Waals surface area contributed by atoms with Crippen LogP contribution >= 0.6 is 0 Å². The highest BCUT2D eigenvalue weighted by Crippen LogP contribution is 2.15. The summed E-state index contributed by atoms with van der Waals surface area (Å²) in [6.45, 7) is 4.25. The van der Waals surface area contributed by atoms with Crippen molar-refractivity contribution < 1.29 is 17.9 Å². The molecule has 1 unspecified atom stereocenters. The average molecular weight is 264 g/mol. The third-order valence-electron chi connectivity index (χ3n) is 2.54. The van der Waals surface area contributed by atoms with Gasteiger partial charge in [-0.15, -0.1) is 0 Å². The topological polar surface area (TPSA) is 26.2 Å². The molecule has 0 saturated heterocycles. The lowest BCUT2D eigenvalue weighted by Crippen LogP contribution is -2.19. The zero-order valence-electron chi connectivity index (χ0n) is 10.6. The summed E-state index contributed by atoms with van der Waals surface area (Å²) in [5.41, 5.74) is 1.12. The highest BCUT2D eigenvalue weighted by Gasteiger charge is 2.27. The van der Waals surface area contributed by atoms with Gasteiger partial charge in [-0.1, -0.05) is 6.92 Å². The molecule has 0 saturated carbocycles. The van der Waals surface area contributed by atoms with E-state index in [0.29, 0.717) is 6.54 Å². The molecule has 1 rings (SSSR count). The van der Waals surface area contributed by atoms with Gasteiger partial charge < -0.3 is 14.6 Å². The molecule has 0 bridgehead atoms. The minimum Gasteiger partial charge on any atom is -0.370 e. The standard InChI is InChI=1S/C12H19F3N2O/c1-3-16-10(2)11-4-5-17(8-11)6-7-18-9-12(13,14)15/h4-5,8,10,16H,3,6-7,9H2,1-2H3. The summed E-state index contributed by atoms with van der Waals surface area (Å²) in [4.78, 5) is 0. The van der Waals surface area contributed by atoms with E-state index in [0.717, 1.165) is 12.1 Å². The predicted molar refractivity (Wildman–Crippen MR) is 63.4 cm³/mol. The van der Waals surface area contributed by atoms with Crippen LogP contribution < -0.4 is 5.32 Å². The molecule has 3 nitrogen and oxygen atoms in total. The van der Waals surface area contributed by atoms with E-state index in [1.807, 2.05) is 36.9 Å². The Morgan fingerprint density at radius 3 is 2.78 bits per heavy atom. The molecule has 1 N–H and O–H groups in total. The second kappa shape index (κ2) is 6.80. The molecule has 1 aromatic rings. The molecule has 1 atom stereocenters. The van der Waals surface area contributed by atoms with Crippen LogP contribution in [0.25, 0.3) is 0 Å². The normalized spacial score (nSPS) is 13.8. The van der Waals surface area contributed by atoms with Gasteiger partial charge in [-0.3, -0.25) is 0 Å². The lowest BCUT2D eigenvalue weighted by molar-refractivity contribution is -0.174. The maximum atomic E-state index is 11.8. The van der Waals surface area contributed by atoms with E-state index < -0.39 is 12.8 Å². The van der Waals surface area contributed by atoms with Crippen LogP contribution in [0.1, 0.15) is 25.5 Å². The first-order valence-corrected chi connectivity index (χ1v) is 5.96. The van der Waals surface area contributed by atoms with E-state index in [-0.39, 0.29) is 12.6 Å². The fraction of sp³-hybridized carbons (Fsp3) is 0.667. The molecule has 18 heavy (non-hydrogen) atoms. The third-order valence-corrected chi connectivity index (χ3v) is 2.54. The molecule has 104 valence electrons. The van der Waals surface area contributed by atoms with Gasteiger partial charge in [0.2, 0.25) is 0 Å². The summed E-state index contributed by atoms with van der Waals surface area (Å²) >= 11 is 0. The van der Waals surface area contributed by atoms with E-state index in [2.05, 4.69) is 10.1 Å². The SMILES string of the molecule is CCNC(C)c1ccn(CCOCC(F)(F)F)c1. The number of nitrogens with zero attached hydrogens (tertiary/aromatic N) is 1. The molecular formula is C12H19F3N2O. The highest BCUT2D eigenvalue weighted by molar-refractivity contribution is 5.14. The fourth-order valence-electron chi connectivity index (χ4n) is 1.64. The minimum absolute atomic E-state index is 0.0587. The molecule has 0 spiro atoms. The molecule has 0 aliphatic carbocycles. The van der Waals surface area contributed by atoms with E-state index in [9.17, 15) is 13.2 Å². The largest absolute Gasteiger partial charge is 0.411 e. The fourth-order valence-corrected chi connectivity index (χ4v) is 1.64. The van der Waals surface area contributed by atoms with Crippen molar-refractivity contribution in [2.24, 2.45) is 0 Å². The molecule has 6 heteroatoms. The first-order chi connectivity index (χ1) is 8.42. The monoisotopic (exact) mass is 264 g/mol. The van der Waals surface area contributed by atoms with Crippen LogP contribution in [0, 0.1) is 0 Å². The van der Waals surface area contributed by atoms with Crippen LogP contribution in [0.15, 0.2) is 18.5 Å². The molecule has 0 radical (unpaired) electrons. The van der Waals surface area contributed by atoms with Crippen molar-refractivity contribution in [3.05, 3.63) is 24.0 Å². The summed E-state index contributed by atoms with van der Waals surface area (Å²) in [7, 11) is 0. The molecule has 0 aromatic carbocycles. The van der Waals surface area contributed by atoms with Gasteiger partial charge in [-0.2, -0.15) is 13.2 Å². The van der Waals surface area contributed by atoms with Crippen molar-refractivity contribution in [2.45, 2.75) is 32.6 Å². The van der Waals surface area contributed by atoms with Gasteiger partial charge in [-0.25, -0.2) is 0 Å². The Hall–Kier alpha value is -1.01. The Labute approximate surface area is 105 Å². The van der Waals surface area contributed by atoms with Crippen molar-refractivity contribution in [3.8, 4) is 0 Å². The van der Waals surface area contributed by atoms with Gasteiger partial charge >= 0.3 is 6.18 Å². The molecular weight excluding hydrogens is 245 g/mol. The molecule has 1 heterocycles. The number of halogens is 3. The van der Waals surface area contributed by atoms with Gasteiger partial charge in [0.05, 0.1) is 6.61 Å². The van der Waals surface area contributed by atoms with Gasteiger partial charge in [0.1, 0.15) is 6.61 Å². The smallest absolute Gasteiger partial charge is 0.370 e. The lowest BCUT2D eigenvalue weighted by atomic mass is 10.2. The summed E-state index contributed by atoms with van der Waals surface area (Å²) in [6.07, 6.45) is -0.480. The molecule has 0 amide bonds. The first kappa shape index (κ1) is 15.0. The Morgan fingerprint density at radius 1 is 1.44 bits per heavy atom. The zero-order valence-corrected chi connectivity index (χ0v) is 10.6. The number of nitrogens with one attached hydrogen (secondary N) is 1. The third kappa shape index (κ3) is 5.55. The van der Waals surface area contributed by atoms with E-state index in [1.54, 1.807) is 0 Å². The summed E-state index contributed by atoms with van der Waals surface area (Å²) in [6, 6.07) is 2.20. The van der Waals surface area contributed by atoms with Crippen LogP contribution in [0.2, 0.25) is 0 Å². The summed E-state index contributed by atoms with van der Waals surface area (Å²) in [5.74, 6) is 0. The van der Waals surface area contributed by atoms with Crippen molar-refractivity contribution in [1.82, 2.24) is 9.88 Å². The van der Waals surface area contributed by atoms with Gasteiger partial charge in [-0.05, 0) is 25.1 Å². The van der Waals surface area contributed by atoms with Crippen LogP contribution in [-0.4, -0.2) is 30.5 Å². The number of hydrogen-bond acceptors (Lipinski definition) is 2. The van der Waals surface area contributed by atoms with Crippen LogP contribution in [-0.2, 0) is 11.3 Å². The minimum atomic E-state index is -4.25. The van der Waals surface area contributed by atoms with Crippen LogP contribution in [0.4, 0.5) is 13.2 Å². The van der Waals surface area contributed by atoms with Gasteiger partial charge in [0.15, 0.2) is 0 Å². The molecule has 0 aliphatic rings. The molecule has 0 aliphatic heterocycles. The lowest BCUT2D eigenvalue weighted by Gasteiger charge is -2.10. The van der Waals surface area contributed by atoms with Gasteiger partial charge in [0, 0.05) is 25.0 Å². The zero-order chi connectivity index (χ0) is 13.6. The van der Waals surface area contributed by atoms with Crippen LogP contribution in [0.5, 0.6) is 0 Å². The summed E-state index contributed by atoms with van der Waals surface area (Å²) < 4.78 is 41.9. The highest BCUT2D eigenvalue weighted by atomic mass is 19.4. The van der Waals surface area contributed by atoms with Gasteiger partial charge in [0.25, 0.3) is 0 Å². The molecule has 0 fully saturated rings. The predicted octanol–water partition coefficient (Wildman–Crippen LogP) is 2.74. The van der Waals surface area contributed by atoms with E-state index in [1.165, 1.54) is 0 Å². The number of alkyl halides is 3. The Kier molecular flexibility index (Phi) is 5.68. The Morgan fingerprint density at radius 2 is 2.17 bits per heavy atom. The van der Waals surface area contributed by atoms with Crippen molar-refractivity contribution in [1.29, 1.82) is 0 Å². The number of ether oxygens (including phenoxy) is 1. The average Bonchev–Trinajstić information content (AvgIpc) is 2.72. The number of hydrogen-bond donors (Lipinski definition) is 1. The van der Waals surface area contributed by atoms with E-state index >= 15 is 0 Å². The number of rotatable bonds is 7. The summed E-state index contributed by atoms with van der Waals surface area (Å²) in [5, 5.41) is 3.27. The van der Waals surface area contributed by atoms with Crippen LogP contribution in [0.3, 0.4) is 0 Å². The quantitative estimate of drug-likeness (QED) is 0.766. The maximum absolute atomic E-state index is 11.8. The van der Waals surface area contributed by atoms with E-state index in [4.69, 9.17) is 0 Å². The second-order valence-corrected chi connectivity index (χ2v) is 4.13. The maximum Gasteiger partial charge on any atom is 0.411 e. The van der Waals surface area contributed by atoms with Crippen molar-refractivity contribution >= 4 is 0 Å². The first-order valence-electron chi connectivity index (χ1n) is 5.96. The molecule has 1 aromatic heterocycles. The van der Waals surface area contributed by atoms with Crippen molar-refractivity contribution in [2.75, 3.05) is 19.8 Å². The Balaban J connectivity index is 2.31.